The summed E-state index contributed by atoms with van der Waals surface area (Å²) in [5.41, 5.74) is 6.52. The molecule has 0 aromatic heterocycles. The molecule has 4 N–H and O–H groups in total. The molecule has 1 aromatic rings. The van der Waals surface area contributed by atoms with Crippen molar-refractivity contribution in [2.24, 2.45) is 11.7 Å². The fraction of sp³-hybridized carbons (Fsp3) is 0.500. The minimum atomic E-state index is -0.621. The van der Waals surface area contributed by atoms with Crippen LogP contribution in [0.2, 0.25) is 0 Å². The maximum Gasteiger partial charge on any atom is 0.239 e. The Morgan fingerprint density at radius 1 is 1.17 bits per heavy atom. The summed E-state index contributed by atoms with van der Waals surface area (Å²) in [4.78, 5) is 23.5. The zero-order valence-electron chi connectivity index (χ0n) is 14.4. The molecule has 8 heteroatoms. The molecule has 0 unspecified atom stereocenters. The summed E-state index contributed by atoms with van der Waals surface area (Å²) >= 11 is 0. The highest BCUT2D eigenvalue weighted by atomic mass is 35.5. The van der Waals surface area contributed by atoms with Gasteiger partial charge >= 0.3 is 0 Å². The van der Waals surface area contributed by atoms with Crippen molar-refractivity contribution in [3.63, 3.8) is 0 Å². The first kappa shape index (κ1) is 22.0. The number of carbonyl (C=O) groups excluding carboxylic acids is 2. The normalized spacial score (nSPS) is 11.2. The predicted molar refractivity (Wildman–Crippen MR) is 94.5 cm³/mol. The second-order valence-electron chi connectivity index (χ2n) is 5.44. The van der Waals surface area contributed by atoms with Crippen LogP contribution in [0.25, 0.3) is 0 Å². The summed E-state index contributed by atoms with van der Waals surface area (Å²) in [7, 11) is 3.12. The molecule has 0 aliphatic heterocycles. The number of carbonyl (C=O) groups is 2. The van der Waals surface area contributed by atoms with E-state index in [9.17, 15) is 9.59 Å². The second-order valence-corrected chi connectivity index (χ2v) is 5.44. The number of halogens is 1. The molecule has 1 aromatic carbocycles. The Morgan fingerprint density at radius 3 is 2.38 bits per heavy atom. The summed E-state index contributed by atoms with van der Waals surface area (Å²) < 4.78 is 10.4. The first-order valence-corrected chi connectivity index (χ1v) is 7.40. The lowest BCUT2D eigenvalue weighted by atomic mass is 10.1. The molecule has 0 heterocycles. The Labute approximate surface area is 148 Å². The molecule has 24 heavy (non-hydrogen) atoms. The Morgan fingerprint density at radius 2 is 1.83 bits per heavy atom. The smallest absolute Gasteiger partial charge is 0.239 e. The van der Waals surface area contributed by atoms with Gasteiger partial charge in [0.2, 0.25) is 11.8 Å². The lowest BCUT2D eigenvalue weighted by Gasteiger charge is -2.15. The predicted octanol–water partition coefficient (Wildman–Crippen LogP) is 0.841. The van der Waals surface area contributed by atoms with E-state index in [0.29, 0.717) is 11.5 Å². The molecular weight excluding hydrogens is 334 g/mol. The molecule has 7 nitrogen and oxygen atoms in total. The minimum absolute atomic E-state index is 0. The van der Waals surface area contributed by atoms with Crippen LogP contribution in [0.1, 0.15) is 19.4 Å². The van der Waals surface area contributed by atoms with Crippen LogP contribution in [0.3, 0.4) is 0 Å². The van der Waals surface area contributed by atoms with Crippen LogP contribution in [0.5, 0.6) is 11.5 Å². The monoisotopic (exact) mass is 359 g/mol. The summed E-state index contributed by atoms with van der Waals surface area (Å²) in [6.07, 6.45) is 0. The Kier molecular flexibility index (Phi) is 9.83. The van der Waals surface area contributed by atoms with Crippen LogP contribution >= 0.6 is 12.4 Å². The average molecular weight is 360 g/mol. The van der Waals surface area contributed by atoms with E-state index >= 15 is 0 Å². The van der Waals surface area contributed by atoms with Crippen LogP contribution < -0.4 is 25.8 Å². The first-order chi connectivity index (χ1) is 10.9. The molecule has 1 rings (SSSR count). The zero-order valence-corrected chi connectivity index (χ0v) is 15.2. The van der Waals surface area contributed by atoms with Gasteiger partial charge in [0.15, 0.2) is 0 Å². The van der Waals surface area contributed by atoms with E-state index in [1.54, 1.807) is 26.4 Å². The average Bonchev–Trinajstić information content (AvgIpc) is 2.56. The number of hydrogen-bond donors (Lipinski definition) is 3. The number of nitrogens with one attached hydrogen (secondary N) is 2. The van der Waals surface area contributed by atoms with Gasteiger partial charge in [-0.3, -0.25) is 9.59 Å². The van der Waals surface area contributed by atoms with Gasteiger partial charge in [-0.15, -0.1) is 12.4 Å². The van der Waals surface area contributed by atoms with Gasteiger partial charge in [0.05, 0.1) is 26.8 Å². The van der Waals surface area contributed by atoms with Crippen molar-refractivity contribution in [2.45, 2.75) is 26.4 Å². The van der Waals surface area contributed by atoms with Crippen molar-refractivity contribution in [1.29, 1.82) is 0 Å². The third-order valence-corrected chi connectivity index (χ3v) is 3.41. The van der Waals surface area contributed by atoms with Crippen molar-refractivity contribution in [3.8, 4) is 11.5 Å². The standard InChI is InChI=1S/C16H25N3O4.ClH/c1-10(2)15(17)16(21)19-9-14(20)18-8-11-5-6-12(22-3)7-13(11)23-4;/h5-7,10,15H,8-9,17H2,1-4H3,(H,18,20)(H,19,21);1H/t15-;/m0./s1. The maximum absolute atomic E-state index is 11.8. The molecule has 0 aliphatic carbocycles. The molecule has 136 valence electrons. The fourth-order valence-corrected chi connectivity index (χ4v) is 1.84. The number of nitrogens with two attached hydrogens (primary N) is 1. The van der Waals surface area contributed by atoms with E-state index in [1.807, 2.05) is 19.9 Å². The van der Waals surface area contributed by atoms with Gasteiger partial charge in [-0.1, -0.05) is 13.8 Å². The third-order valence-electron chi connectivity index (χ3n) is 3.41. The molecule has 2 amide bonds. The number of amides is 2. The van der Waals surface area contributed by atoms with E-state index < -0.39 is 6.04 Å². The van der Waals surface area contributed by atoms with E-state index in [0.717, 1.165) is 5.56 Å². The first-order valence-electron chi connectivity index (χ1n) is 7.40. The van der Waals surface area contributed by atoms with Gasteiger partial charge in [-0.05, 0) is 18.1 Å². The highest BCUT2D eigenvalue weighted by Crippen LogP contribution is 2.24. The van der Waals surface area contributed by atoms with Gasteiger partial charge in [0, 0.05) is 18.2 Å². The zero-order chi connectivity index (χ0) is 17.4. The maximum atomic E-state index is 11.8. The lowest BCUT2D eigenvalue weighted by Crippen LogP contribution is -2.47. The number of hydrogen-bond acceptors (Lipinski definition) is 5. The van der Waals surface area contributed by atoms with Crippen molar-refractivity contribution in [1.82, 2.24) is 10.6 Å². The second kappa shape index (κ2) is 10.7. The highest BCUT2D eigenvalue weighted by molar-refractivity contribution is 5.87. The lowest BCUT2D eigenvalue weighted by molar-refractivity contribution is -0.127. The molecule has 0 fully saturated rings. The summed E-state index contributed by atoms with van der Waals surface area (Å²) in [5.74, 6) is 0.674. The van der Waals surface area contributed by atoms with E-state index in [-0.39, 0.29) is 43.2 Å². The van der Waals surface area contributed by atoms with Crippen molar-refractivity contribution in [3.05, 3.63) is 23.8 Å². The largest absolute Gasteiger partial charge is 0.497 e. The number of benzene rings is 1. The SMILES string of the molecule is COc1ccc(CNC(=O)CNC(=O)[C@@H](N)C(C)C)c(OC)c1.Cl. The molecule has 0 aliphatic rings. The van der Waals surface area contributed by atoms with Gasteiger partial charge in [0.25, 0.3) is 0 Å². The van der Waals surface area contributed by atoms with E-state index in [1.165, 1.54) is 0 Å². The molecule has 0 saturated carbocycles. The van der Waals surface area contributed by atoms with Gasteiger partial charge in [0.1, 0.15) is 11.5 Å². The van der Waals surface area contributed by atoms with Gasteiger partial charge in [-0.25, -0.2) is 0 Å². The van der Waals surface area contributed by atoms with Crippen LogP contribution in [0, 0.1) is 5.92 Å². The van der Waals surface area contributed by atoms with Crippen molar-refractivity contribution in [2.75, 3.05) is 20.8 Å². The van der Waals surface area contributed by atoms with Crippen molar-refractivity contribution < 1.29 is 19.1 Å². The van der Waals surface area contributed by atoms with Crippen LogP contribution in [0.4, 0.5) is 0 Å². The molecule has 0 spiro atoms. The third kappa shape index (κ3) is 6.64. The number of ether oxygens (including phenoxy) is 2. The Hall–Kier alpha value is -1.99. The van der Waals surface area contributed by atoms with E-state index in [2.05, 4.69) is 10.6 Å². The summed E-state index contributed by atoms with van der Waals surface area (Å²) in [5, 5.41) is 5.24. The number of methoxy groups -OCH3 is 2. The Bertz CT molecular complexity index is 552. The van der Waals surface area contributed by atoms with Gasteiger partial charge in [-0.2, -0.15) is 0 Å². The highest BCUT2D eigenvalue weighted by Gasteiger charge is 2.17. The summed E-state index contributed by atoms with van der Waals surface area (Å²) in [6, 6.07) is 4.72. The van der Waals surface area contributed by atoms with Crippen LogP contribution in [-0.2, 0) is 16.1 Å². The fourth-order valence-electron chi connectivity index (χ4n) is 1.84. The molecule has 0 bridgehead atoms. The molecule has 0 radical (unpaired) electrons. The topological polar surface area (TPSA) is 103 Å². The molecule has 1 atom stereocenters. The Balaban J connectivity index is 0.00000529. The summed E-state index contributed by atoms with van der Waals surface area (Å²) in [6.45, 7) is 3.87. The van der Waals surface area contributed by atoms with E-state index in [4.69, 9.17) is 15.2 Å². The molecular formula is C16H26ClN3O4. The van der Waals surface area contributed by atoms with Crippen LogP contribution in [-0.4, -0.2) is 38.6 Å². The van der Waals surface area contributed by atoms with Crippen molar-refractivity contribution >= 4 is 24.2 Å². The van der Waals surface area contributed by atoms with Crippen LogP contribution in [0.15, 0.2) is 18.2 Å². The number of rotatable bonds is 8. The quantitative estimate of drug-likeness (QED) is 0.638. The molecule has 0 saturated heterocycles. The van der Waals surface area contributed by atoms with Gasteiger partial charge < -0.3 is 25.8 Å². The minimum Gasteiger partial charge on any atom is -0.497 e.